The molecular weight excluding hydrogens is 378 g/mol. The first kappa shape index (κ1) is 18.7. The minimum atomic E-state index is -0.768. The number of hydrogen-bond donors (Lipinski definition) is 1. The van der Waals surface area contributed by atoms with Crippen LogP contribution in [0.4, 0.5) is 26.2 Å². The Kier molecular flexibility index (Phi) is 5.28. The van der Waals surface area contributed by atoms with Gasteiger partial charge in [-0.2, -0.15) is 0 Å². The average molecular weight is 396 g/mol. The SMILES string of the molecule is O=C(c1ccnc(Nc2c(F)cccc2F)n1)N1CCN(c2ccccn2)CC1. The van der Waals surface area contributed by atoms with Crippen LogP contribution in [0.25, 0.3) is 0 Å². The number of anilines is 3. The zero-order valence-corrected chi connectivity index (χ0v) is 15.4. The second-order valence-electron chi connectivity index (χ2n) is 6.45. The molecule has 0 saturated carbocycles. The number of amides is 1. The highest BCUT2D eigenvalue weighted by Gasteiger charge is 2.24. The van der Waals surface area contributed by atoms with E-state index in [2.05, 4.69) is 25.2 Å². The second kappa shape index (κ2) is 8.17. The smallest absolute Gasteiger partial charge is 0.272 e. The van der Waals surface area contributed by atoms with Crippen LogP contribution in [0.1, 0.15) is 10.5 Å². The molecule has 148 valence electrons. The molecule has 1 aliphatic heterocycles. The van der Waals surface area contributed by atoms with Gasteiger partial charge in [0, 0.05) is 38.6 Å². The van der Waals surface area contributed by atoms with Gasteiger partial charge in [0.15, 0.2) is 0 Å². The Balaban J connectivity index is 1.44. The minimum Gasteiger partial charge on any atom is -0.353 e. The summed E-state index contributed by atoms with van der Waals surface area (Å²) in [7, 11) is 0. The molecule has 0 bridgehead atoms. The number of nitrogens with zero attached hydrogens (tertiary/aromatic N) is 5. The third kappa shape index (κ3) is 4.13. The monoisotopic (exact) mass is 396 g/mol. The summed E-state index contributed by atoms with van der Waals surface area (Å²) in [6, 6.07) is 10.7. The topological polar surface area (TPSA) is 74.2 Å². The van der Waals surface area contributed by atoms with Crippen molar-refractivity contribution in [2.75, 3.05) is 36.4 Å². The van der Waals surface area contributed by atoms with Crippen molar-refractivity contribution in [1.82, 2.24) is 19.9 Å². The largest absolute Gasteiger partial charge is 0.353 e. The molecule has 0 radical (unpaired) electrons. The van der Waals surface area contributed by atoms with Gasteiger partial charge in [0.05, 0.1) is 0 Å². The molecule has 1 fully saturated rings. The summed E-state index contributed by atoms with van der Waals surface area (Å²) in [4.78, 5) is 29.0. The van der Waals surface area contributed by atoms with E-state index in [1.165, 1.54) is 18.3 Å². The van der Waals surface area contributed by atoms with Gasteiger partial charge in [0.2, 0.25) is 5.95 Å². The molecule has 3 aromatic rings. The van der Waals surface area contributed by atoms with Crippen molar-refractivity contribution >= 4 is 23.4 Å². The van der Waals surface area contributed by atoms with Gasteiger partial charge in [-0.1, -0.05) is 12.1 Å². The molecule has 1 N–H and O–H groups in total. The maximum absolute atomic E-state index is 13.8. The summed E-state index contributed by atoms with van der Waals surface area (Å²) in [6.45, 7) is 2.34. The van der Waals surface area contributed by atoms with Crippen LogP contribution >= 0.6 is 0 Å². The standard InChI is InChI=1S/C20H18F2N6O/c21-14-4-3-5-15(22)18(14)26-20-24-9-7-16(25-20)19(29)28-12-10-27(11-13-28)17-6-1-2-8-23-17/h1-9H,10-13H2,(H,24,25,26). The predicted octanol–water partition coefficient (Wildman–Crippen LogP) is 2.86. The lowest BCUT2D eigenvalue weighted by Gasteiger charge is -2.35. The van der Waals surface area contributed by atoms with Crippen molar-refractivity contribution in [3.8, 4) is 0 Å². The Morgan fingerprint density at radius 3 is 2.34 bits per heavy atom. The zero-order valence-electron chi connectivity index (χ0n) is 15.4. The number of hydrogen-bond acceptors (Lipinski definition) is 6. The molecule has 1 saturated heterocycles. The van der Waals surface area contributed by atoms with E-state index in [1.807, 2.05) is 18.2 Å². The molecule has 29 heavy (non-hydrogen) atoms. The van der Waals surface area contributed by atoms with E-state index in [4.69, 9.17) is 0 Å². The number of pyridine rings is 1. The van der Waals surface area contributed by atoms with E-state index in [1.54, 1.807) is 11.1 Å². The molecule has 2 aromatic heterocycles. The number of para-hydroxylation sites is 1. The summed E-state index contributed by atoms with van der Waals surface area (Å²) in [5.74, 6) is -0.968. The fourth-order valence-corrected chi connectivity index (χ4v) is 3.11. The van der Waals surface area contributed by atoms with Gasteiger partial charge >= 0.3 is 0 Å². The Hall–Kier alpha value is -3.62. The average Bonchev–Trinajstić information content (AvgIpc) is 2.77. The molecule has 0 atom stereocenters. The molecular formula is C20H18F2N6O. The van der Waals surface area contributed by atoms with Gasteiger partial charge < -0.3 is 15.1 Å². The number of piperazine rings is 1. The fourth-order valence-electron chi connectivity index (χ4n) is 3.11. The van der Waals surface area contributed by atoms with Crippen molar-refractivity contribution in [3.63, 3.8) is 0 Å². The van der Waals surface area contributed by atoms with Crippen molar-refractivity contribution in [2.24, 2.45) is 0 Å². The van der Waals surface area contributed by atoms with Crippen molar-refractivity contribution in [2.45, 2.75) is 0 Å². The van der Waals surface area contributed by atoms with Crippen molar-refractivity contribution in [1.29, 1.82) is 0 Å². The van der Waals surface area contributed by atoms with Crippen LogP contribution in [0.15, 0.2) is 54.9 Å². The number of benzene rings is 1. The Morgan fingerprint density at radius 1 is 0.897 bits per heavy atom. The number of carbonyl (C=O) groups excluding carboxylic acids is 1. The van der Waals surface area contributed by atoms with E-state index in [-0.39, 0.29) is 23.2 Å². The summed E-state index contributed by atoms with van der Waals surface area (Å²) < 4.78 is 27.6. The molecule has 1 aromatic carbocycles. The van der Waals surface area contributed by atoms with Gasteiger partial charge in [0.25, 0.3) is 5.91 Å². The summed E-state index contributed by atoms with van der Waals surface area (Å²) in [6.07, 6.45) is 3.12. The van der Waals surface area contributed by atoms with Crippen LogP contribution in [0.5, 0.6) is 0 Å². The zero-order chi connectivity index (χ0) is 20.2. The van der Waals surface area contributed by atoms with Crippen molar-refractivity contribution < 1.29 is 13.6 Å². The molecule has 1 amide bonds. The van der Waals surface area contributed by atoms with Crippen LogP contribution in [0.2, 0.25) is 0 Å². The maximum Gasteiger partial charge on any atom is 0.272 e. The third-order valence-electron chi connectivity index (χ3n) is 4.61. The minimum absolute atomic E-state index is 0.0491. The first-order valence-electron chi connectivity index (χ1n) is 9.11. The Morgan fingerprint density at radius 2 is 1.66 bits per heavy atom. The Bertz CT molecular complexity index is 989. The second-order valence-corrected chi connectivity index (χ2v) is 6.45. The van der Waals surface area contributed by atoms with Gasteiger partial charge in [-0.15, -0.1) is 0 Å². The first-order chi connectivity index (χ1) is 14.1. The van der Waals surface area contributed by atoms with E-state index >= 15 is 0 Å². The van der Waals surface area contributed by atoms with Crippen LogP contribution < -0.4 is 10.2 Å². The summed E-state index contributed by atoms with van der Waals surface area (Å²) >= 11 is 0. The highest BCUT2D eigenvalue weighted by atomic mass is 19.1. The lowest BCUT2D eigenvalue weighted by Crippen LogP contribution is -2.49. The van der Waals surface area contributed by atoms with Crippen LogP contribution in [0.3, 0.4) is 0 Å². The molecule has 3 heterocycles. The number of carbonyl (C=O) groups is 1. The number of nitrogens with one attached hydrogen (secondary N) is 1. The predicted molar refractivity (Wildman–Crippen MR) is 104 cm³/mol. The summed E-state index contributed by atoms with van der Waals surface area (Å²) in [5, 5.41) is 2.51. The van der Waals surface area contributed by atoms with Crippen LogP contribution in [-0.2, 0) is 0 Å². The molecule has 0 spiro atoms. The maximum atomic E-state index is 13.8. The Labute approximate surface area is 166 Å². The molecule has 4 rings (SSSR count). The lowest BCUT2D eigenvalue weighted by atomic mass is 10.2. The van der Waals surface area contributed by atoms with E-state index < -0.39 is 11.6 Å². The molecule has 1 aliphatic rings. The lowest BCUT2D eigenvalue weighted by molar-refractivity contribution is 0.0740. The van der Waals surface area contributed by atoms with E-state index in [0.717, 1.165) is 18.0 Å². The normalized spacial score (nSPS) is 14.0. The first-order valence-corrected chi connectivity index (χ1v) is 9.11. The van der Waals surface area contributed by atoms with E-state index in [0.29, 0.717) is 26.2 Å². The highest BCUT2D eigenvalue weighted by Crippen LogP contribution is 2.21. The number of halogens is 2. The number of aromatic nitrogens is 3. The third-order valence-corrected chi connectivity index (χ3v) is 4.61. The van der Waals surface area contributed by atoms with Gasteiger partial charge in [-0.3, -0.25) is 4.79 Å². The van der Waals surface area contributed by atoms with Crippen LogP contribution in [-0.4, -0.2) is 51.9 Å². The van der Waals surface area contributed by atoms with Crippen LogP contribution in [0, 0.1) is 11.6 Å². The number of rotatable bonds is 4. The fraction of sp³-hybridized carbons (Fsp3) is 0.200. The molecule has 0 aliphatic carbocycles. The van der Waals surface area contributed by atoms with Gasteiger partial charge in [-0.25, -0.2) is 23.7 Å². The highest BCUT2D eigenvalue weighted by molar-refractivity contribution is 5.92. The van der Waals surface area contributed by atoms with Gasteiger partial charge in [0.1, 0.15) is 28.8 Å². The van der Waals surface area contributed by atoms with Crippen molar-refractivity contribution in [3.05, 3.63) is 72.2 Å². The molecule has 7 nitrogen and oxygen atoms in total. The van der Waals surface area contributed by atoms with E-state index in [9.17, 15) is 13.6 Å². The van der Waals surface area contributed by atoms with Gasteiger partial charge in [-0.05, 0) is 30.3 Å². The quantitative estimate of drug-likeness (QED) is 0.731. The molecule has 9 heteroatoms. The summed E-state index contributed by atoms with van der Waals surface area (Å²) in [5.41, 5.74) is -0.202. The molecule has 0 unspecified atom stereocenters.